The maximum absolute atomic E-state index is 12.9. The van der Waals surface area contributed by atoms with Crippen LogP contribution in [0.4, 0.5) is 0 Å². The number of likely N-dealkylation sites (tertiary alicyclic amines) is 3. The molecule has 3 amide bonds. The molecule has 7 nitrogen and oxygen atoms in total. The van der Waals surface area contributed by atoms with Gasteiger partial charge in [-0.3, -0.25) is 24.2 Å². The maximum atomic E-state index is 12.9. The van der Waals surface area contributed by atoms with Crippen molar-refractivity contribution in [3.63, 3.8) is 0 Å². The van der Waals surface area contributed by atoms with Crippen molar-refractivity contribution in [2.75, 3.05) is 32.7 Å². The van der Waals surface area contributed by atoms with Crippen LogP contribution in [0.15, 0.2) is 24.3 Å². The molecule has 2 atom stereocenters. The highest BCUT2D eigenvalue weighted by molar-refractivity contribution is 6.05. The minimum atomic E-state index is -0.246. The van der Waals surface area contributed by atoms with Crippen LogP contribution in [0.1, 0.15) is 38.7 Å². The van der Waals surface area contributed by atoms with Gasteiger partial charge in [-0.1, -0.05) is 18.2 Å². The largest absolute Gasteiger partial charge is 0.491 e. The first kappa shape index (κ1) is 20.8. The monoisotopic (exact) mass is 413 g/mol. The average molecular weight is 414 g/mol. The minimum absolute atomic E-state index is 0.0491. The van der Waals surface area contributed by atoms with Crippen LogP contribution in [0.25, 0.3) is 0 Å². The predicted molar refractivity (Wildman–Crippen MR) is 112 cm³/mol. The van der Waals surface area contributed by atoms with Gasteiger partial charge in [0.25, 0.3) is 0 Å². The molecule has 3 aliphatic rings. The predicted octanol–water partition coefficient (Wildman–Crippen LogP) is 1.90. The van der Waals surface area contributed by atoms with Gasteiger partial charge >= 0.3 is 0 Å². The first-order valence-corrected chi connectivity index (χ1v) is 11.0. The fraction of sp³-hybridized carbons (Fsp3) is 0.609. The lowest BCUT2D eigenvalue weighted by Crippen LogP contribution is -2.38. The third-order valence-electron chi connectivity index (χ3n) is 6.27. The Kier molecular flexibility index (Phi) is 6.09. The van der Waals surface area contributed by atoms with Gasteiger partial charge in [-0.15, -0.1) is 0 Å². The Morgan fingerprint density at radius 2 is 1.73 bits per heavy atom. The van der Waals surface area contributed by atoms with Crippen molar-refractivity contribution in [3.8, 4) is 5.75 Å². The lowest BCUT2D eigenvalue weighted by atomic mass is 10.00. The van der Waals surface area contributed by atoms with Gasteiger partial charge in [0.2, 0.25) is 17.7 Å². The quantitative estimate of drug-likeness (QED) is 0.609. The second kappa shape index (κ2) is 8.76. The van der Waals surface area contributed by atoms with Crippen LogP contribution in [-0.2, 0) is 20.9 Å². The molecule has 0 bridgehead atoms. The van der Waals surface area contributed by atoms with Gasteiger partial charge in [0, 0.05) is 51.3 Å². The van der Waals surface area contributed by atoms with E-state index in [0.717, 1.165) is 24.3 Å². The van der Waals surface area contributed by atoms with Crippen molar-refractivity contribution in [1.82, 2.24) is 14.7 Å². The van der Waals surface area contributed by atoms with Crippen LogP contribution in [0.2, 0.25) is 0 Å². The molecule has 162 valence electrons. The van der Waals surface area contributed by atoms with Crippen molar-refractivity contribution in [2.24, 2.45) is 11.8 Å². The van der Waals surface area contributed by atoms with Crippen LogP contribution >= 0.6 is 0 Å². The molecule has 0 aromatic heterocycles. The number of hydrogen-bond donors (Lipinski definition) is 0. The fourth-order valence-electron chi connectivity index (χ4n) is 4.85. The van der Waals surface area contributed by atoms with Gasteiger partial charge in [0.05, 0.1) is 17.9 Å². The summed E-state index contributed by atoms with van der Waals surface area (Å²) in [6, 6.07) is 7.96. The minimum Gasteiger partial charge on any atom is -0.491 e. The van der Waals surface area contributed by atoms with E-state index in [1.54, 1.807) is 0 Å². The number of benzene rings is 1. The molecular formula is C23H31N3O4. The van der Waals surface area contributed by atoms with E-state index in [1.807, 2.05) is 43.0 Å². The molecular weight excluding hydrogens is 382 g/mol. The highest BCUT2D eigenvalue weighted by Gasteiger charge is 2.51. The molecule has 3 saturated heterocycles. The molecule has 0 spiro atoms. The summed E-state index contributed by atoms with van der Waals surface area (Å²) < 4.78 is 5.91. The number of carbonyl (C=O) groups excluding carboxylic acids is 3. The van der Waals surface area contributed by atoms with Gasteiger partial charge in [-0.2, -0.15) is 0 Å². The average Bonchev–Trinajstić information content (AvgIpc) is 3.36. The van der Waals surface area contributed by atoms with Gasteiger partial charge in [0.15, 0.2) is 0 Å². The summed E-state index contributed by atoms with van der Waals surface area (Å²) in [6.45, 7) is 7.73. The summed E-state index contributed by atoms with van der Waals surface area (Å²) in [6.07, 6.45) is 2.28. The van der Waals surface area contributed by atoms with Crippen LogP contribution in [-0.4, -0.2) is 71.2 Å². The molecule has 1 aromatic rings. The molecule has 3 fully saturated rings. The Bertz CT molecular complexity index is 800. The van der Waals surface area contributed by atoms with Gasteiger partial charge in [-0.05, 0) is 32.8 Å². The van der Waals surface area contributed by atoms with E-state index in [-0.39, 0.29) is 35.7 Å². The van der Waals surface area contributed by atoms with Crippen molar-refractivity contribution in [2.45, 2.75) is 45.8 Å². The van der Waals surface area contributed by atoms with Gasteiger partial charge < -0.3 is 9.64 Å². The number of ether oxygens (including phenoxy) is 1. The lowest BCUT2D eigenvalue weighted by Gasteiger charge is -2.23. The zero-order chi connectivity index (χ0) is 21.3. The van der Waals surface area contributed by atoms with E-state index in [1.165, 1.54) is 4.90 Å². The van der Waals surface area contributed by atoms with Crippen molar-refractivity contribution in [3.05, 3.63) is 29.8 Å². The second-order valence-electron chi connectivity index (χ2n) is 8.85. The zero-order valence-electron chi connectivity index (χ0n) is 17.9. The molecule has 0 radical (unpaired) electrons. The molecule has 0 N–H and O–H groups in total. The number of nitrogens with zero attached hydrogens (tertiary/aromatic N) is 3. The number of hydrogen-bond acceptors (Lipinski definition) is 5. The number of rotatable bonds is 8. The number of amides is 3. The second-order valence-corrected chi connectivity index (χ2v) is 8.85. The topological polar surface area (TPSA) is 70.2 Å². The van der Waals surface area contributed by atoms with Crippen molar-refractivity contribution >= 4 is 17.7 Å². The lowest BCUT2D eigenvalue weighted by molar-refractivity contribution is -0.140. The highest BCUT2D eigenvalue weighted by Crippen LogP contribution is 2.35. The molecule has 0 saturated carbocycles. The summed E-state index contributed by atoms with van der Waals surface area (Å²) in [4.78, 5) is 42.9. The molecule has 3 heterocycles. The Balaban J connectivity index is 1.32. The Morgan fingerprint density at radius 1 is 1.03 bits per heavy atom. The standard InChI is InChI=1S/C23H31N3O4/c1-16(2)30-20-8-4-3-7-17(20)13-24-14-18-19(15-24)23(29)26(22(18)28)12-6-11-25-10-5-9-21(25)27/h3-4,7-8,16,18-19H,5-6,9-15H2,1-2H3/t18-,19+. The summed E-state index contributed by atoms with van der Waals surface area (Å²) in [5.41, 5.74) is 1.08. The maximum Gasteiger partial charge on any atom is 0.234 e. The SMILES string of the molecule is CC(C)Oc1ccccc1CN1C[C@@H]2C(=O)N(CCCN3CCCC3=O)C(=O)[C@@H]2C1. The smallest absolute Gasteiger partial charge is 0.234 e. The van der Waals surface area contributed by atoms with Crippen LogP contribution < -0.4 is 4.74 Å². The molecule has 0 unspecified atom stereocenters. The van der Waals surface area contributed by atoms with Crippen LogP contribution in [0, 0.1) is 11.8 Å². The third kappa shape index (κ3) is 4.21. The van der Waals surface area contributed by atoms with Crippen LogP contribution in [0.3, 0.4) is 0 Å². The van der Waals surface area contributed by atoms with Gasteiger partial charge in [0.1, 0.15) is 5.75 Å². The van der Waals surface area contributed by atoms with Crippen molar-refractivity contribution < 1.29 is 19.1 Å². The van der Waals surface area contributed by atoms with Crippen LogP contribution in [0.5, 0.6) is 5.75 Å². The number of carbonyl (C=O) groups is 3. The summed E-state index contributed by atoms with van der Waals surface area (Å²) in [5.74, 6) is 0.454. The Labute approximate surface area is 177 Å². The Hall–Kier alpha value is -2.41. The summed E-state index contributed by atoms with van der Waals surface area (Å²) >= 11 is 0. The fourth-order valence-corrected chi connectivity index (χ4v) is 4.85. The molecule has 30 heavy (non-hydrogen) atoms. The van der Waals surface area contributed by atoms with Gasteiger partial charge in [-0.25, -0.2) is 0 Å². The Morgan fingerprint density at radius 3 is 2.37 bits per heavy atom. The van der Waals surface area contributed by atoms with E-state index < -0.39 is 0 Å². The summed E-state index contributed by atoms with van der Waals surface area (Å²) in [5, 5.41) is 0. The summed E-state index contributed by atoms with van der Waals surface area (Å²) in [7, 11) is 0. The molecule has 0 aliphatic carbocycles. The highest BCUT2D eigenvalue weighted by atomic mass is 16.5. The number of imide groups is 1. The number of para-hydroxylation sites is 1. The third-order valence-corrected chi connectivity index (χ3v) is 6.27. The van der Waals surface area contributed by atoms with E-state index in [4.69, 9.17) is 4.74 Å². The van der Waals surface area contributed by atoms with E-state index >= 15 is 0 Å². The molecule has 4 rings (SSSR count). The normalized spacial score (nSPS) is 24.4. The first-order valence-electron chi connectivity index (χ1n) is 11.0. The molecule has 3 aliphatic heterocycles. The van der Waals surface area contributed by atoms with Crippen molar-refractivity contribution in [1.29, 1.82) is 0 Å². The van der Waals surface area contributed by atoms with E-state index in [9.17, 15) is 14.4 Å². The molecule has 7 heteroatoms. The zero-order valence-corrected chi connectivity index (χ0v) is 17.9. The van der Waals surface area contributed by atoms with E-state index in [2.05, 4.69) is 4.90 Å². The number of fused-ring (bicyclic) bond motifs is 1. The molecule has 1 aromatic carbocycles. The van der Waals surface area contributed by atoms with E-state index in [0.29, 0.717) is 45.6 Å². The first-order chi connectivity index (χ1) is 14.4.